The molecule has 1 N–H and O–H groups in total. The molecule has 23 heavy (non-hydrogen) atoms. The van der Waals surface area contributed by atoms with Crippen LogP contribution >= 0.6 is 56.8 Å². The normalized spacial score (nSPS) is 11.1. The molecule has 2 aromatic carbocycles. The molecule has 0 fully saturated rings. The van der Waals surface area contributed by atoms with Crippen molar-refractivity contribution in [1.82, 2.24) is 0 Å². The third-order valence-electron chi connectivity index (χ3n) is 3.57. The summed E-state index contributed by atoms with van der Waals surface area (Å²) >= 11 is 10.2. The molecular formula is C17H11ClI2O3. The highest BCUT2D eigenvalue weighted by atomic mass is 127. The molecule has 0 spiro atoms. The van der Waals surface area contributed by atoms with E-state index in [0.717, 1.165) is 5.39 Å². The van der Waals surface area contributed by atoms with Gasteiger partial charge in [0.2, 0.25) is 0 Å². The summed E-state index contributed by atoms with van der Waals surface area (Å²) in [6, 6.07) is 8.76. The van der Waals surface area contributed by atoms with Crippen LogP contribution in [0.2, 0.25) is 5.02 Å². The van der Waals surface area contributed by atoms with Crippen LogP contribution in [0.25, 0.3) is 11.0 Å². The second-order valence-electron chi connectivity index (χ2n) is 4.99. The van der Waals surface area contributed by atoms with E-state index < -0.39 is 0 Å². The van der Waals surface area contributed by atoms with Crippen molar-refractivity contribution < 1.29 is 14.3 Å². The Morgan fingerprint density at radius 3 is 2.52 bits per heavy atom. The first-order chi connectivity index (χ1) is 10.9. The van der Waals surface area contributed by atoms with Crippen LogP contribution in [-0.4, -0.2) is 10.9 Å². The van der Waals surface area contributed by atoms with Crippen LogP contribution in [0.3, 0.4) is 0 Å². The van der Waals surface area contributed by atoms with Crippen LogP contribution in [0.5, 0.6) is 5.75 Å². The van der Waals surface area contributed by atoms with Gasteiger partial charge in [0.05, 0.1) is 17.7 Å². The van der Waals surface area contributed by atoms with Gasteiger partial charge in [0.15, 0.2) is 11.4 Å². The van der Waals surface area contributed by atoms with Crippen molar-refractivity contribution in [2.24, 2.45) is 0 Å². The van der Waals surface area contributed by atoms with Crippen molar-refractivity contribution in [2.75, 3.05) is 0 Å². The molecule has 0 atom stereocenters. The van der Waals surface area contributed by atoms with E-state index in [9.17, 15) is 9.90 Å². The number of phenols is 1. The van der Waals surface area contributed by atoms with Crippen molar-refractivity contribution in [2.45, 2.75) is 13.3 Å². The number of hydrogen-bond acceptors (Lipinski definition) is 3. The first kappa shape index (κ1) is 17.0. The molecule has 6 heteroatoms. The maximum atomic E-state index is 13.0. The fourth-order valence-electron chi connectivity index (χ4n) is 2.47. The molecule has 3 rings (SSSR count). The number of aromatic hydroxyl groups is 1. The molecule has 1 aromatic heterocycles. The Morgan fingerprint density at radius 1 is 1.26 bits per heavy atom. The third kappa shape index (κ3) is 2.98. The molecule has 1 heterocycles. The lowest BCUT2D eigenvalue weighted by atomic mass is 9.99. The minimum absolute atomic E-state index is 0.126. The van der Waals surface area contributed by atoms with Crippen molar-refractivity contribution in [3.63, 3.8) is 0 Å². The van der Waals surface area contributed by atoms with Gasteiger partial charge >= 0.3 is 0 Å². The minimum atomic E-state index is -0.126. The summed E-state index contributed by atoms with van der Waals surface area (Å²) < 4.78 is 7.08. The van der Waals surface area contributed by atoms with Gasteiger partial charge in [0, 0.05) is 17.4 Å². The fourth-order valence-corrected chi connectivity index (χ4v) is 4.45. The van der Waals surface area contributed by atoms with Crippen LogP contribution in [0.15, 0.2) is 34.7 Å². The average molecular weight is 553 g/mol. The predicted octanol–water partition coefficient (Wildman–Crippen LogP) is 5.79. The first-order valence-electron chi connectivity index (χ1n) is 6.86. The van der Waals surface area contributed by atoms with E-state index in [4.69, 9.17) is 16.0 Å². The molecule has 0 aliphatic heterocycles. The summed E-state index contributed by atoms with van der Waals surface area (Å²) in [6.07, 6.45) is 0.596. The van der Waals surface area contributed by atoms with E-state index in [1.54, 1.807) is 24.3 Å². The van der Waals surface area contributed by atoms with Gasteiger partial charge < -0.3 is 9.52 Å². The Kier molecular flexibility index (Phi) is 4.89. The third-order valence-corrected chi connectivity index (χ3v) is 5.51. The van der Waals surface area contributed by atoms with Gasteiger partial charge in [-0.1, -0.05) is 30.7 Å². The molecule has 0 aliphatic carbocycles. The highest BCUT2D eigenvalue weighted by Gasteiger charge is 2.23. The van der Waals surface area contributed by atoms with Crippen molar-refractivity contribution >= 4 is 73.5 Å². The van der Waals surface area contributed by atoms with Gasteiger partial charge in [0.25, 0.3) is 0 Å². The van der Waals surface area contributed by atoms with Gasteiger partial charge in [0.1, 0.15) is 11.5 Å². The molecular weight excluding hydrogens is 541 g/mol. The Labute approximate surface area is 165 Å². The van der Waals surface area contributed by atoms with Gasteiger partial charge in [-0.3, -0.25) is 4.79 Å². The average Bonchev–Trinajstić information content (AvgIpc) is 2.91. The number of halogens is 3. The van der Waals surface area contributed by atoms with Crippen molar-refractivity contribution in [3.05, 3.63) is 59.4 Å². The Balaban J connectivity index is 2.24. The Morgan fingerprint density at radius 2 is 1.91 bits per heavy atom. The van der Waals surface area contributed by atoms with Gasteiger partial charge in [-0.15, -0.1) is 0 Å². The monoisotopic (exact) mass is 552 g/mol. The topological polar surface area (TPSA) is 50.4 Å². The zero-order valence-electron chi connectivity index (χ0n) is 12.0. The molecule has 0 aliphatic rings. The maximum Gasteiger partial charge on any atom is 0.197 e. The van der Waals surface area contributed by atoms with Crippen LogP contribution in [0, 0.1) is 7.14 Å². The van der Waals surface area contributed by atoms with Gasteiger partial charge in [-0.2, -0.15) is 0 Å². The fraction of sp³-hybridized carbons (Fsp3) is 0.118. The predicted molar refractivity (Wildman–Crippen MR) is 108 cm³/mol. The summed E-state index contributed by atoms with van der Waals surface area (Å²) in [4.78, 5) is 13.0. The molecule has 118 valence electrons. The number of carbonyl (C=O) groups excluding carboxylic acids is 1. The molecule has 0 unspecified atom stereocenters. The number of aryl methyl sites for hydroxylation is 1. The number of benzene rings is 2. The smallest absolute Gasteiger partial charge is 0.197 e. The number of hydrogen-bond donors (Lipinski definition) is 1. The number of fused-ring (bicyclic) bond motifs is 1. The van der Waals surface area contributed by atoms with E-state index in [-0.39, 0.29) is 11.5 Å². The van der Waals surface area contributed by atoms with Crippen molar-refractivity contribution in [3.8, 4) is 5.75 Å². The number of furan rings is 1. The lowest BCUT2D eigenvalue weighted by molar-refractivity contribution is 0.103. The summed E-state index contributed by atoms with van der Waals surface area (Å²) in [5, 5.41) is 11.1. The molecule has 3 nitrogen and oxygen atoms in total. The number of para-hydroxylation sites is 1. The summed E-state index contributed by atoms with van der Waals surface area (Å²) in [6.45, 7) is 1.94. The van der Waals surface area contributed by atoms with E-state index >= 15 is 0 Å². The van der Waals surface area contributed by atoms with Gasteiger partial charge in [-0.25, -0.2) is 0 Å². The second-order valence-corrected chi connectivity index (χ2v) is 7.72. The largest absolute Gasteiger partial charge is 0.506 e. The van der Waals surface area contributed by atoms with Crippen LogP contribution in [0.1, 0.15) is 28.6 Å². The molecule has 0 amide bonds. The number of ketones is 1. The standard InChI is InChI=1S/C17H11ClI2O3/c1-2-13-14(9-4-3-5-10(18)17(9)23-13)15(21)8-6-11(19)16(22)12(20)7-8/h3-7,22H,2H2,1H3. The lowest BCUT2D eigenvalue weighted by Gasteiger charge is -2.06. The molecule has 0 saturated heterocycles. The number of phenolic OH excluding ortho intramolecular Hbond substituents is 1. The summed E-state index contributed by atoms with van der Waals surface area (Å²) in [5.74, 6) is 0.688. The van der Waals surface area contributed by atoms with E-state index in [1.165, 1.54) is 0 Å². The van der Waals surface area contributed by atoms with Gasteiger partial charge in [-0.05, 0) is 63.4 Å². The Hall–Kier alpha value is -0.800. The van der Waals surface area contributed by atoms with Crippen LogP contribution < -0.4 is 0 Å². The summed E-state index contributed by atoms with van der Waals surface area (Å²) in [5.41, 5.74) is 1.61. The zero-order valence-corrected chi connectivity index (χ0v) is 17.1. The van der Waals surface area contributed by atoms with E-state index in [0.29, 0.717) is 41.1 Å². The molecule has 0 bridgehead atoms. The van der Waals surface area contributed by atoms with E-state index in [1.807, 2.05) is 58.2 Å². The van der Waals surface area contributed by atoms with Crippen molar-refractivity contribution in [1.29, 1.82) is 0 Å². The number of rotatable bonds is 3. The summed E-state index contributed by atoms with van der Waals surface area (Å²) in [7, 11) is 0. The molecule has 0 radical (unpaired) electrons. The Bertz CT molecular complexity index is 908. The zero-order chi connectivity index (χ0) is 16.7. The molecule has 3 aromatic rings. The quantitative estimate of drug-likeness (QED) is 0.331. The van der Waals surface area contributed by atoms with Crippen LogP contribution in [0.4, 0.5) is 0 Å². The maximum absolute atomic E-state index is 13.0. The lowest BCUT2D eigenvalue weighted by Crippen LogP contribution is -2.04. The van der Waals surface area contributed by atoms with Crippen LogP contribution in [-0.2, 0) is 6.42 Å². The number of carbonyl (C=O) groups is 1. The second kappa shape index (κ2) is 6.60. The highest BCUT2D eigenvalue weighted by Crippen LogP contribution is 2.34. The van der Waals surface area contributed by atoms with E-state index in [2.05, 4.69) is 0 Å². The molecule has 0 saturated carbocycles. The highest BCUT2D eigenvalue weighted by molar-refractivity contribution is 14.1. The first-order valence-corrected chi connectivity index (χ1v) is 9.40. The SMILES string of the molecule is CCc1oc2c(Cl)cccc2c1C(=O)c1cc(I)c(O)c(I)c1. The minimum Gasteiger partial charge on any atom is -0.506 e.